The molecule has 1 aromatic carbocycles. The van der Waals surface area contributed by atoms with Gasteiger partial charge in [0.2, 0.25) is 12.4 Å². The molecule has 1 aromatic heterocycles. The molecule has 1 heterocycles. The Balaban J connectivity index is 2.42. The maximum absolute atomic E-state index is 8.87. The van der Waals surface area contributed by atoms with Crippen molar-refractivity contribution in [3.63, 3.8) is 0 Å². The van der Waals surface area contributed by atoms with E-state index in [-0.39, 0.29) is 0 Å². The molecular formula is C14H6N6. The van der Waals surface area contributed by atoms with Crippen LogP contribution in [0.2, 0.25) is 0 Å². The van der Waals surface area contributed by atoms with Crippen molar-refractivity contribution in [3.8, 4) is 12.4 Å². The molecule has 0 fully saturated rings. The quantitative estimate of drug-likeness (QED) is 0.569. The van der Waals surface area contributed by atoms with Crippen molar-refractivity contribution in [2.45, 2.75) is 0 Å². The van der Waals surface area contributed by atoms with Gasteiger partial charge < -0.3 is 0 Å². The number of hydrogen-bond donors (Lipinski definition) is 0. The molecule has 2 aromatic rings. The standard InChI is InChI=1S/C14H6N6/c15-7-19-11-9-3-1-2-4-10(9)12(20-8-16)14-13(11)17-5-6-18-14/h1-6H. The minimum absolute atomic E-state index is 0.447. The highest BCUT2D eigenvalue weighted by Crippen LogP contribution is 2.25. The molecule has 0 saturated heterocycles. The molecule has 0 unspecified atom stereocenters. The number of rotatable bonds is 0. The summed E-state index contributed by atoms with van der Waals surface area (Å²) in [5.74, 6) is 0. The third-order valence-corrected chi connectivity index (χ3v) is 2.91. The highest BCUT2D eigenvalue weighted by atomic mass is 14.9. The van der Waals surface area contributed by atoms with Gasteiger partial charge in [-0.3, -0.25) is 9.97 Å². The van der Waals surface area contributed by atoms with E-state index < -0.39 is 0 Å². The number of benzene rings is 1. The highest BCUT2D eigenvalue weighted by Gasteiger charge is 2.28. The van der Waals surface area contributed by atoms with E-state index in [9.17, 15) is 0 Å². The van der Waals surface area contributed by atoms with Gasteiger partial charge in [-0.2, -0.15) is 20.5 Å². The van der Waals surface area contributed by atoms with Gasteiger partial charge >= 0.3 is 0 Å². The van der Waals surface area contributed by atoms with E-state index in [1.54, 1.807) is 12.4 Å². The second kappa shape index (κ2) is 4.71. The predicted molar refractivity (Wildman–Crippen MR) is 71.0 cm³/mol. The zero-order chi connectivity index (χ0) is 13.9. The number of nitrogens with zero attached hydrogens (tertiary/aromatic N) is 6. The lowest BCUT2D eigenvalue weighted by atomic mass is 9.88. The molecule has 1 aliphatic carbocycles. The first-order chi connectivity index (χ1) is 9.86. The van der Waals surface area contributed by atoms with Crippen molar-refractivity contribution < 1.29 is 0 Å². The average molecular weight is 258 g/mol. The Bertz CT molecular complexity index is 714. The Morgan fingerprint density at radius 1 is 0.800 bits per heavy atom. The van der Waals surface area contributed by atoms with Crippen LogP contribution in [0.4, 0.5) is 0 Å². The highest BCUT2D eigenvalue weighted by molar-refractivity contribution is 6.30. The Morgan fingerprint density at radius 2 is 1.25 bits per heavy atom. The molecule has 6 nitrogen and oxygen atoms in total. The normalized spacial score (nSPS) is 16.1. The molecule has 0 spiro atoms. The van der Waals surface area contributed by atoms with Gasteiger partial charge in [-0.15, -0.1) is 0 Å². The Labute approximate surface area is 114 Å². The van der Waals surface area contributed by atoms with Crippen molar-refractivity contribution in [3.05, 3.63) is 59.2 Å². The number of aromatic nitrogens is 2. The zero-order valence-corrected chi connectivity index (χ0v) is 10.1. The number of nitriles is 2. The summed E-state index contributed by atoms with van der Waals surface area (Å²) < 4.78 is 0. The second-order valence-corrected chi connectivity index (χ2v) is 3.92. The van der Waals surface area contributed by atoms with Gasteiger partial charge in [0.1, 0.15) is 22.8 Å². The SMILES string of the molecule is N#CN=C1c2ccccc2C(=NC#N)c2nccnc21. The maximum Gasteiger partial charge on any atom is 0.206 e. The Morgan fingerprint density at radius 3 is 1.65 bits per heavy atom. The summed E-state index contributed by atoms with van der Waals surface area (Å²) >= 11 is 0. The van der Waals surface area contributed by atoms with Crippen LogP contribution < -0.4 is 0 Å². The van der Waals surface area contributed by atoms with Gasteiger partial charge in [0.25, 0.3) is 0 Å². The summed E-state index contributed by atoms with van der Waals surface area (Å²) in [6, 6.07) is 7.29. The number of aliphatic imine (C=N–C) groups is 2. The molecule has 0 aliphatic heterocycles. The van der Waals surface area contributed by atoms with Crippen LogP contribution in [-0.4, -0.2) is 21.4 Å². The molecule has 0 N–H and O–H groups in total. The third kappa shape index (κ3) is 1.64. The van der Waals surface area contributed by atoms with Gasteiger partial charge in [0.15, 0.2) is 0 Å². The molecule has 0 bridgehead atoms. The third-order valence-electron chi connectivity index (χ3n) is 2.91. The van der Waals surface area contributed by atoms with Crippen molar-refractivity contribution in [2.75, 3.05) is 0 Å². The second-order valence-electron chi connectivity index (χ2n) is 3.92. The molecule has 3 rings (SSSR count). The lowest BCUT2D eigenvalue weighted by Crippen LogP contribution is -2.24. The topological polar surface area (TPSA) is 98.1 Å². The minimum atomic E-state index is 0.447. The first-order valence-corrected chi connectivity index (χ1v) is 5.72. The molecule has 0 atom stereocenters. The zero-order valence-electron chi connectivity index (χ0n) is 10.1. The van der Waals surface area contributed by atoms with E-state index in [1.807, 2.05) is 24.3 Å². The van der Waals surface area contributed by atoms with Crippen molar-refractivity contribution in [1.82, 2.24) is 9.97 Å². The predicted octanol–water partition coefficient (Wildman–Crippen LogP) is 1.43. The summed E-state index contributed by atoms with van der Waals surface area (Å²) in [5, 5.41) is 17.7. The lowest BCUT2D eigenvalue weighted by Gasteiger charge is -2.19. The van der Waals surface area contributed by atoms with Crippen LogP contribution in [0.1, 0.15) is 22.5 Å². The molecular weight excluding hydrogens is 252 g/mol. The first kappa shape index (κ1) is 11.7. The van der Waals surface area contributed by atoms with E-state index in [2.05, 4.69) is 20.0 Å². The van der Waals surface area contributed by atoms with Gasteiger partial charge in [0.05, 0.1) is 0 Å². The monoisotopic (exact) mass is 258 g/mol. The smallest absolute Gasteiger partial charge is 0.206 e. The van der Waals surface area contributed by atoms with Crippen LogP contribution in [0.25, 0.3) is 0 Å². The van der Waals surface area contributed by atoms with Crippen LogP contribution >= 0.6 is 0 Å². The van der Waals surface area contributed by atoms with Crippen LogP contribution in [0, 0.1) is 22.9 Å². The van der Waals surface area contributed by atoms with E-state index >= 15 is 0 Å². The van der Waals surface area contributed by atoms with Gasteiger partial charge in [-0.1, -0.05) is 24.3 Å². The van der Waals surface area contributed by atoms with Crippen molar-refractivity contribution in [2.24, 2.45) is 9.98 Å². The maximum atomic E-state index is 8.87. The largest absolute Gasteiger partial charge is 0.251 e. The lowest BCUT2D eigenvalue weighted by molar-refractivity contribution is 1.14. The van der Waals surface area contributed by atoms with Crippen molar-refractivity contribution >= 4 is 11.4 Å². The van der Waals surface area contributed by atoms with Crippen LogP contribution in [0.3, 0.4) is 0 Å². The number of fused-ring (bicyclic) bond motifs is 2. The van der Waals surface area contributed by atoms with Gasteiger partial charge in [-0.05, 0) is 0 Å². The fraction of sp³-hybridized carbons (Fsp3) is 0. The summed E-state index contributed by atoms with van der Waals surface area (Å²) in [6.45, 7) is 0. The molecule has 0 saturated carbocycles. The first-order valence-electron chi connectivity index (χ1n) is 5.72. The summed E-state index contributed by atoms with van der Waals surface area (Å²) in [6.07, 6.45) is 6.60. The van der Waals surface area contributed by atoms with Crippen LogP contribution in [-0.2, 0) is 0 Å². The Kier molecular flexibility index (Phi) is 2.76. The van der Waals surface area contributed by atoms with Crippen LogP contribution in [0.15, 0.2) is 46.6 Å². The molecule has 0 amide bonds. The van der Waals surface area contributed by atoms with Crippen LogP contribution in [0.5, 0.6) is 0 Å². The average Bonchev–Trinajstić information content (AvgIpc) is 2.50. The molecule has 92 valence electrons. The molecule has 1 aliphatic rings. The minimum Gasteiger partial charge on any atom is -0.251 e. The van der Waals surface area contributed by atoms with Crippen molar-refractivity contribution in [1.29, 1.82) is 10.5 Å². The molecule has 0 radical (unpaired) electrons. The van der Waals surface area contributed by atoms with E-state index in [4.69, 9.17) is 10.5 Å². The van der Waals surface area contributed by atoms with E-state index in [1.165, 1.54) is 12.4 Å². The van der Waals surface area contributed by atoms with Gasteiger partial charge in [-0.25, -0.2) is 0 Å². The van der Waals surface area contributed by atoms with E-state index in [0.29, 0.717) is 22.8 Å². The fourth-order valence-corrected chi connectivity index (χ4v) is 2.16. The molecule has 6 heteroatoms. The Hall–Kier alpha value is -3.38. The van der Waals surface area contributed by atoms with E-state index in [0.717, 1.165) is 11.1 Å². The molecule has 20 heavy (non-hydrogen) atoms. The summed E-state index contributed by atoms with van der Waals surface area (Å²) in [7, 11) is 0. The fourth-order valence-electron chi connectivity index (χ4n) is 2.16. The summed E-state index contributed by atoms with van der Waals surface area (Å²) in [4.78, 5) is 16.1. The summed E-state index contributed by atoms with van der Waals surface area (Å²) in [5.41, 5.74) is 3.25. The van der Waals surface area contributed by atoms with Gasteiger partial charge in [0, 0.05) is 23.5 Å². The number of hydrogen-bond acceptors (Lipinski definition) is 6.